The number of guanidine groups is 1. The minimum absolute atomic E-state index is 0. The van der Waals surface area contributed by atoms with E-state index in [9.17, 15) is 0 Å². The second-order valence-corrected chi connectivity index (χ2v) is 8.19. The SMILES string of the molecule is CN=C(NCCc1ccc(Cl)nc1)NCC(c1cccs1)N1CCOC(C)C1.I. The molecule has 0 aliphatic carbocycles. The van der Waals surface area contributed by atoms with E-state index in [1.54, 1.807) is 18.4 Å². The molecule has 29 heavy (non-hydrogen) atoms. The van der Waals surface area contributed by atoms with Crippen LogP contribution in [0.3, 0.4) is 0 Å². The third-order valence-electron chi connectivity index (χ3n) is 4.77. The second kappa shape index (κ2) is 12.7. The van der Waals surface area contributed by atoms with Gasteiger partial charge in [0.25, 0.3) is 0 Å². The highest BCUT2D eigenvalue weighted by atomic mass is 127. The molecule has 3 heterocycles. The molecule has 0 aromatic carbocycles. The lowest BCUT2D eigenvalue weighted by atomic mass is 10.1. The van der Waals surface area contributed by atoms with Crippen LogP contribution in [0.4, 0.5) is 0 Å². The third kappa shape index (κ3) is 7.67. The fourth-order valence-electron chi connectivity index (χ4n) is 3.31. The molecular weight excluding hydrogens is 521 g/mol. The summed E-state index contributed by atoms with van der Waals surface area (Å²) >= 11 is 7.64. The maximum absolute atomic E-state index is 5.84. The van der Waals surface area contributed by atoms with Gasteiger partial charge in [0.15, 0.2) is 5.96 Å². The molecule has 2 atom stereocenters. The van der Waals surface area contributed by atoms with E-state index in [4.69, 9.17) is 16.3 Å². The number of hydrogen-bond donors (Lipinski definition) is 2. The van der Waals surface area contributed by atoms with Crippen molar-refractivity contribution in [1.29, 1.82) is 0 Å². The standard InChI is InChI=1S/C20H28ClN5OS.HI/c1-15-14-26(9-10-27-15)17(18-4-3-11-28-18)13-25-20(22-2)23-8-7-16-5-6-19(21)24-12-16;/h3-6,11-12,15,17H,7-10,13-14H2,1-2H3,(H2,22,23,25);1H. The van der Waals surface area contributed by atoms with Crippen LogP contribution in [0.2, 0.25) is 5.15 Å². The predicted octanol–water partition coefficient (Wildman–Crippen LogP) is 3.58. The van der Waals surface area contributed by atoms with Gasteiger partial charge in [0.1, 0.15) is 5.15 Å². The number of hydrogen-bond acceptors (Lipinski definition) is 5. The molecule has 0 radical (unpaired) electrons. The lowest BCUT2D eigenvalue weighted by molar-refractivity contribution is -0.0334. The summed E-state index contributed by atoms with van der Waals surface area (Å²) in [6.07, 6.45) is 2.94. The zero-order chi connectivity index (χ0) is 19.8. The first-order chi connectivity index (χ1) is 13.7. The van der Waals surface area contributed by atoms with E-state index in [2.05, 4.69) is 49.9 Å². The van der Waals surface area contributed by atoms with Crippen LogP contribution >= 0.6 is 46.9 Å². The Morgan fingerprint density at radius 3 is 2.93 bits per heavy atom. The van der Waals surface area contributed by atoms with Gasteiger partial charge in [-0.25, -0.2) is 4.98 Å². The Kier molecular flexibility index (Phi) is 10.6. The molecule has 2 N–H and O–H groups in total. The van der Waals surface area contributed by atoms with Crippen molar-refractivity contribution >= 4 is 52.9 Å². The van der Waals surface area contributed by atoms with Gasteiger partial charge in [0, 0.05) is 44.3 Å². The first-order valence-corrected chi connectivity index (χ1v) is 10.9. The zero-order valence-electron chi connectivity index (χ0n) is 16.8. The Labute approximate surface area is 199 Å². The Hall–Kier alpha value is -0.940. The highest BCUT2D eigenvalue weighted by Gasteiger charge is 2.26. The summed E-state index contributed by atoms with van der Waals surface area (Å²) in [6, 6.07) is 8.45. The van der Waals surface area contributed by atoms with Crippen LogP contribution in [0.5, 0.6) is 0 Å². The minimum atomic E-state index is 0. The number of aliphatic imine (C=N–C) groups is 1. The van der Waals surface area contributed by atoms with Gasteiger partial charge in [0.2, 0.25) is 0 Å². The second-order valence-electron chi connectivity index (χ2n) is 6.83. The average Bonchev–Trinajstić information content (AvgIpc) is 3.23. The van der Waals surface area contributed by atoms with Gasteiger partial charge in [-0.15, -0.1) is 35.3 Å². The molecule has 1 aliphatic heterocycles. The van der Waals surface area contributed by atoms with Crippen molar-refractivity contribution in [3.63, 3.8) is 0 Å². The summed E-state index contributed by atoms with van der Waals surface area (Å²) in [7, 11) is 1.80. The maximum Gasteiger partial charge on any atom is 0.191 e. The van der Waals surface area contributed by atoms with Crippen LogP contribution in [0.25, 0.3) is 0 Å². The molecule has 2 aromatic rings. The number of nitrogens with zero attached hydrogens (tertiary/aromatic N) is 3. The molecule has 3 rings (SSSR count). The lowest BCUT2D eigenvalue weighted by Gasteiger charge is -2.37. The van der Waals surface area contributed by atoms with Gasteiger partial charge in [-0.1, -0.05) is 23.7 Å². The monoisotopic (exact) mass is 549 g/mol. The molecule has 9 heteroatoms. The normalized spacial score (nSPS) is 18.7. The minimum Gasteiger partial charge on any atom is -0.376 e. The van der Waals surface area contributed by atoms with E-state index in [0.29, 0.717) is 11.2 Å². The summed E-state index contributed by atoms with van der Waals surface area (Å²) in [6.45, 7) is 6.39. The van der Waals surface area contributed by atoms with Gasteiger partial charge in [-0.05, 0) is 36.4 Å². The van der Waals surface area contributed by atoms with Gasteiger partial charge in [0.05, 0.1) is 18.8 Å². The quantitative estimate of drug-likeness (QED) is 0.239. The predicted molar refractivity (Wildman–Crippen MR) is 132 cm³/mol. The molecule has 0 saturated carbocycles. The molecule has 0 amide bonds. The number of pyridine rings is 1. The van der Waals surface area contributed by atoms with Crippen LogP contribution in [0.15, 0.2) is 40.8 Å². The number of aromatic nitrogens is 1. The molecule has 6 nitrogen and oxygen atoms in total. The van der Waals surface area contributed by atoms with Gasteiger partial charge >= 0.3 is 0 Å². The van der Waals surface area contributed by atoms with Crippen molar-refractivity contribution in [3.8, 4) is 0 Å². The van der Waals surface area contributed by atoms with Crippen LogP contribution in [-0.4, -0.2) is 61.8 Å². The fourth-order valence-corrected chi connectivity index (χ4v) is 4.29. The van der Waals surface area contributed by atoms with Crippen molar-refractivity contribution < 1.29 is 4.74 Å². The Morgan fingerprint density at radius 1 is 1.41 bits per heavy atom. The Bertz CT molecular complexity index is 744. The van der Waals surface area contributed by atoms with E-state index in [-0.39, 0.29) is 30.1 Å². The van der Waals surface area contributed by atoms with Gasteiger partial charge in [-0.2, -0.15) is 0 Å². The number of morpholine rings is 1. The lowest BCUT2D eigenvalue weighted by Crippen LogP contribution is -2.48. The highest BCUT2D eigenvalue weighted by Crippen LogP contribution is 2.26. The van der Waals surface area contributed by atoms with Crippen molar-refractivity contribution in [2.45, 2.75) is 25.5 Å². The van der Waals surface area contributed by atoms with Gasteiger partial charge < -0.3 is 15.4 Å². The fraction of sp³-hybridized carbons (Fsp3) is 0.500. The molecular formula is C20H29ClIN5OS. The van der Waals surface area contributed by atoms with E-state index in [1.807, 2.05) is 18.3 Å². The molecule has 0 spiro atoms. The van der Waals surface area contributed by atoms with Crippen molar-refractivity contribution in [1.82, 2.24) is 20.5 Å². The Balaban J connectivity index is 0.00000300. The molecule has 1 fully saturated rings. The molecule has 0 bridgehead atoms. The van der Waals surface area contributed by atoms with Crippen LogP contribution < -0.4 is 10.6 Å². The van der Waals surface area contributed by atoms with E-state index >= 15 is 0 Å². The topological polar surface area (TPSA) is 61.8 Å². The molecule has 2 unspecified atom stereocenters. The zero-order valence-corrected chi connectivity index (χ0v) is 20.7. The first-order valence-electron chi connectivity index (χ1n) is 9.59. The van der Waals surface area contributed by atoms with E-state index in [0.717, 1.165) is 50.7 Å². The number of thiophene rings is 1. The number of nitrogens with one attached hydrogen (secondary N) is 2. The summed E-state index contributed by atoms with van der Waals surface area (Å²) in [4.78, 5) is 12.3. The summed E-state index contributed by atoms with van der Waals surface area (Å²) in [5.74, 6) is 0.810. The number of halogens is 2. The van der Waals surface area contributed by atoms with Crippen LogP contribution in [-0.2, 0) is 11.2 Å². The molecule has 1 saturated heterocycles. The molecule has 160 valence electrons. The van der Waals surface area contributed by atoms with Crippen LogP contribution in [0, 0.1) is 0 Å². The highest BCUT2D eigenvalue weighted by molar-refractivity contribution is 14.0. The smallest absolute Gasteiger partial charge is 0.191 e. The van der Waals surface area contributed by atoms with Crippen LogP contribution in [0.1, 0.15) is 23.4 Å². The molecule has 2 aromatic heterocycles. The van der Waals surface area contributed by atoms with Crippen molar-refractivity contribution in [2.24, 2.45) is 4.99 Å². The summed E-state index contributed by atoms with van der Waals surface area (Å²) in [5.41, 5.74) is 1.14. The van der Waals surface area contributed by atoms with E-state index in [1.165, 1.54) is 4.88 Å². The third-order valence-corrected chi connectivity index (χ3v) is 5.96. The van der Waals surface area contributed by atoms with Crippen molar-refractivity contribution in [3.05, 3.63) is 51.4 Å². The first kappa shape index (κ1) is 24.3. The summed E-state index contributed by atoms with van der Waals surface area (Å²) < 4.78 is 5.72. The maximum atomic E-state index is 5.84. The van der Waals surface area contributed by atoms with Gasteiger partial charge in [-0.3, -0.25) is 9.89 Å². The van der Waals surface area contributed by atoms with Crippen molar-refractivity contribution in [2.75, 3.05) is 39.8 Å². The largest absolute Gasteiger partial charge is 0.376 e. The Morgan fingerprint density at radius 2 is 2.28 bits per heavy atom. The number of rotatable bonds is 7. The molecule has 1 aliphatic rings. The van der Waals surface area contributed by atoms with E-state index < -0.39 is 0 Å². The summed E-state index contributed by atoms with van der Waals surface area (Å²) in [5, 5.41) is 9.53. The average molecular weight is 550 g/mol. The number of ether oxygens (including phenoxy) is 1.